The molecule has 1 aromatic heterocycles. The molecule has 0 saturated heterocycles. The first-order valence-corrected chi connectivity index (χ1v) is 9.25. The summed E-state index contributed by atoms with van der Waals surface area (Å²) in [7, 11) is 1.34. The molecule has 0 spiro atoms. The summed E-state index contributed by atoms with van der Waals surface area (Å²) in [6, 6.07) is 16.4. The largest absolute Gasteiger partial charge is 0.465 e. The van der Waals surface area contributed by atoms with Gasteiger partial charge in [-0.3, -0.25) is 4.79 Å². The van der Waals surface area contributed by atoms with Gasteiger partial charge in [0, 0.05) is 23.5 Å². The number of carbonyl (C=O) groups is 2. The lowest BCUT2D eigenvalue weighted by Crippen LogP contribution is -2.36. The predicted octanol–water partition coefficient (Wildman–Crippen LogP) is 3.60. The maximum Gasteiger partial charge on any atom is 0.337 e. The highest BCUT2D eigenvalue weighted by Crippen LogP contribution is 2.33. The van der Waals surface area contributed by atoms with Crippen LogP contribution >= 0.6 is 0 Å². The Hall–Kier alpha value is -3.74. The first-order chi connectivity index (χ1) is 14.1. The van der Waals surface area contributed by atoms with Crippen molar-refractivity contribution in [2.24, 2.45) is 0 Å². The highest BCUT2D eigenvalue weighted by Gasteiger charge is 2.32. The van der Waals surface area contributed by atoms with Gasteiger partial charge in [-0.15, -0.1) is 0 Å². The molecule has 0 aliphatic carbocycles. The monoisotopic (exact) mass is 388 g/mol. The van der Waals surface area contributed by atoms with Gasteiger partial charge in [-0.1, -0.05) is 24.3 Å². The van der Waals surface area contributed by atoms with Crippen LogP contribution in [-0.4, -0.2) is 35.0 Å². The maximum atomic E-state index is 13.2. The minimum Gasteiger partial charge on any atom is -0.465 e. The molecule has 2 aromatic carbocycles. The summed E-state index contributed by atoms with van der Waals surface area (Å²) in [5, 5.41) is 3.11. The smallest absolute Gasteiger partial charge is 0.337 e. The molecule has 1 atom stereocenters. The Balaban J connectivity index is 1.58. The molecule has 3 aromatic rings. The third kappa shape index (κ3) is 3.67. The molecule has 0 bridgehead atoms. The van der Waals surface area contributed by atoms with Gasteiger partial charge in [0.25, 0.3) is 5.91 Å². The van der Waals surface area contributed by atoms with Crippen LogP contribution in [0.3, 0.4) is 0 Å². The maximum absolute atomic E-state index is 13.2. The van der Waals surface area contributed by atoms with Crippen LogP contribution in [0.25, 0.3) is 0 Å². The molecular weight excluding hydrogens is 368 g/mol. The SMILES string of the molecule is COC(=O)c1cccc(Nc2cc(C(=O)N3c4ccccc4CC3C)ncn2)c1. The van der Waals surface area contributed by atoms with Crippen LogP contribution in [0, 0.1) is 0 Å². The number of nitrogens with zero attached hydrogens (tertiary/aromatic N) is 3. The van der Waals surface area contributed by atoms with Gasteiger partial charge in [-0.25, -0.2) is 14.8 Å². The van der Waals surface area contributed by atoms with Crippen LogP contribution in [0.5, 0.6) is 0 Å². The van der Waals surface area contributed by atoms with Crippen LogP contribution in [0.15, 0.2) is 60.9 Å². The Kier molecular flexibility index (Phi) is 4.95. The number of aromatic nitrogens is 2. The van der Waals surface area contributed by atoms with Gasteiger partial charge in [-0.05, 0) is 43.2 Å². The van der Waals surface area contributed by atoms with Crippen molar-refractivity contribution in [2.45, 2.75) is 19.4 Å². The Morgan fingerprint density at radius 1 is 1.10 bits per heavy atom. The van der Waals surface area contributed by atoms with Crippen molar-refractivity contribution in [1.29, 1.82) is 0 Å². The Labute approximate surface area is 168 Å². The highest BCUT2D eigenvalue weighted by atomic mass is 16.5. The minimum atomic E-state index is -0.422. The van der Waals surface area contributed by atoms with Crippen molar-refractivity contribution in [3.05, 3.63) is 77.7 Å². The van der Waals surface area contributed by atoms with Crippen molar-refractivity contribution in [2.75, 3.05) is 17.3 Å². The number of fused-ring (bicyclic) bond motifs is 1. The predicted molar refractivity (Wildman–Crippen MR) is 110 cm³/mol. The first kappa shape index (κ1) is 18.6. The third-order valence-corrected chi connectivity index (χ3v) is 4.87. The number of ether oxygens (including phenoxy) is 1. The summed E-state index contributed by atoms with van der Waals surface area (Å²) in [5.41, 5.74) is 3.45. The second-order valence-corrected chi connectivity index (χ2v) is 6.84. The van der Waals surface area contributed by atoms with Gasteiger partial charge < -0.3 is 15.0 Å². The molecule has 29 heavy (non-hydrogen) atoms. The summed E-state index contributed by atoms with van der Waals surface area (Å²) < 4.78 is 4.75. The minimum absolute atomic E-state index is 0.0583. The zero-order valence-corrected chi connectivity index (χ0v) is 16.1. The van der Waals surface area contributed by atoms with Gasteiger partial charge in [0.15, 0.2) is 0 Å². The standard InChI is InChI=1S/C22H20N4O3/c1-14-10-15-6-3-4-9-19(15)26(14)21(27)18-12-20(24-13-23-18)25-17-8-5-7-16(11-17)22(28)29-2/h3-9,11-14H,10H2,1-2H3,(H,23,24,25). The van der Waals surface area contributed by atoms with Crippen molar-refractivity contribution in [3.8, 4) is 0 Å². The zero-order valence-electron chi connectivity index (χ0n) is 16.1. The van der Waals surface area contributed by atoms with E-state index >= 15 is 0 Å². The molecule has 0 saturated carbocycles. The van der Waals surface area contributed by atoms with E-state index in [1.54, 1.807) is 35.2 Å². The van der Waals surface area contributed by atoms with Crippen molar-refractivity contribution < 1.29 is 14.3 Å². The molecule has 1 aliphatic rings. The van der Waals surface area contributed by atoms with Gasteiger partial charge >= 0.3 is 5.97 Å². The number of hydrogen-bond donors (Lipinski definition) is 1. The molecule has 7 heteroatoms. The van der Waals surface area contributed by atoms with Gasteiger partial charge in [0.2, 0.25) is 0 Å². The van der Waals surface area contributed by atoms with E-state index in [0.717, 1.165) is 17.7 Å². The van der Waals surface area contributed by atoms with Crippen LogP contribution in [0.1, 0.15) is 33.3 Å². The Morgan fingerprint density at radius 2 is 1.93 bits per heavy atom. The van der Waals surface area contributed by atoms with E-state index in [2.05, 4.69) is 15.3 Å². The topological polar surface area (TPSA) is 84.4 Å². The highest BCUT2D eigenvalue weighted by molar-refractivity contribution is 6.06. The average molecular weight is 388 g/mol. The van der Waals surface area contributed by atoms with Crippen molar-refractivity contribution >= 4 is 29.1 Å². The van der Waals surface area contributed by atoms with Crippen molar-refractivity contribution in [3.63, 3.8) is 0 Å². The first-order valence-electron chi connectivity index (χ1n) is 9.25. The lowest BCUT2D eigenvalue weighted by atomic mass is 10.1. The van der Waals surface area contributed by atoms with E-state index in [1.807, 2.05) is 31.2 Å². The summed E-state index contributed by atoms with van der Waals surface area (Å²) in [6.45, 7) is 2.02. The molecule has 4 rings (SSSR count). The summed E-state index contributed by atoms with van der Waals surface area (Å²) in [4.78, 5) is 35.0. The summed E-state index contributed by atoms with van der Waals surface area (Å²) >= 11 is 0. The zero-order chi connectivity index (χ0) is 20.4. The van der Waals surface area contributed by atoms with Crippen LogP contribution in [0.4, 0.5) is 17.2 Å². The van der Waals surface area contributed by atoms with Crippen LogP contribution < -0.4 is 10.2 Å². The number of rotatable bonds is 4. The number of benzene rings is 2. The number of nitrogens with one attached hydrogen (secondary N) is 1. The molecule has 0 fully saturated rings. The number of methoxy groups -OCH3 is 1. The Morgan fingerprint density at radius 3 is 2.76 bits per heavy atom. The molecule has 2 heterocycles. The number of anilines is 3. The number of para-hydroxylation sites is 1. The molecule has 1 unspecified atom stereocenters. The van der Waals surface area contributed by atoms with Gasteiger partial charge in [0.1, 0.15) is 17.8 Å². The fourth-order valence-electron chi connectivity index (χ4n) is 3.53. The second-order valence-electron chi connectivity index (χ2n) is 6.84. The molecule has 1 aliphatic heterocycles. The van der Waals surface area contributed by atoms with Gasteiger partial charge in [-0.2, -0.15) is 0 Å². The molecule has 0 radical (unpaired) electrons. The molecule has 7 nitrogen and oxygen atoms in total. The fraction of sp³-hybridized carbons (Fsp3) is 0.182. The van der Waals surface area contributed by atoms with E-state index < -0.39 is 5.97 Å². The van der Waals surface area contributed by atoms with E-state index in [0.29, 0.717) is 22.8 Å². The molecular formula is C22H20N4O3. The van der Waals surface area contributed by atoms with Crippen LogP contribution in [-0.2, 0) is 11.2 Å². The molecule has 146 valence electrons. The fourth-order valence-corrected chi connectivity index (χ4v) is 3.53. The third-order valence-electron chi connectivity index (χ3n) is 4.87. The van der Waals surface area contributed by atoms with E-state index in [1.165, 1.54) is 13.4 Å². The summed E-state index contributed by atoms with van der Waals surface area (Å²) in [6.07, 6.45) is 2.17. The van der Waals surface area contributed by atoms with E-state index in [4.69, 9.17) is 4.74 Å². The lowest BCUT2D eigenvalue weighted by Gasteiger charge is -2.22. The average Bonchev–Trinajstić information content (AvgIpc) is 3.08. The second kappa shape index (κ2) is 7.71. The van der Waals surface area contributed by atoms with Crippen molar-refractivity contribution in [1.82, 2.24) is 9.97 Å². The van der Waals surface area contributed by atoms with Gasteiger partial charge in [0.05, 0.1) is 12.7 Å². The molecule has 1 amide bonds. The summed E-state index contributed by atoms with van der Waals surface area (Å²) in [5.74, 6) is -0.129. The number of amides is 1. The van der Waals surface area contributed by atoms with E-state index in [9.17, 15) is 9.59 Å². The van der Waals surface area contributed by atoms with E-state index in [-0.39, 0.29) is 11.9 Å². The number of hydrogen-bond acceptors (Lipinski definition) is 6. The van der Waals surface area contributed by atoms with Crippen LogP contribution in [0.2, 0.25) is 0 Å². The Bertz CT molecular complexity index is 1080. The lowest BCUT2D eigenvalue weighted by molar-refractivity contribution is 0.0600. The molecule has 1 N–H and O–H groups in total. The number of carbonyl (C=O) groups excluding carboxylic acids is 2. The number of esters is 1. The quantitative estimate of drug-likeness (QED) is 0.688. The normalized spacial score (nSPS) is 15.0.